The van der Waals surface area contributed by atoms with Crippen molar-refractivity contribution < 1.29 is 23.1 Å². The van der Waals surface area contributed by atoms with E-state index >= 15 is 0 Å². The molecule has 1 atom stereocenters. The summed E-state index contributed by atoms with van der Waals surface area (Å²) in [5, 5.41) is 13.7. The fraction of sp³-hybridized carbons (Fsp3) is 0.381. The number of carbonyl (C=O) groups excluding carboxylic acids is 1. The number of nitrogens with one attached hydrogen (secondary N) is 1. The molecule has 0 aromatic heterocycles. The molecule has 0 bridgehead atoms. The molecule has 4 rings (SSSR count). The standard InChI is InChI=1S/C21H24N2O5S/c24-20(22-15-21(25)10-9-16-3-1-2-4-19(16)21)17-5-7-18(8-6-17)29(26,27)23-11-13-28-14-12-23/h1-8,25H,9-15H2,(H,22,24). The highest BCUT2D eigenvalue weighted by Gasteiger charge is 2.36. The molecule has 154 valence electrons. The number of ether oxygens (including phenoxy) is 1. The number of hydrogen-bond acceptors (Lipinski definition) is 5. The van der Waals surface area contributed by atoms with E-state index in [0.29, 0.717) is 38.3 Å². The van der Waals surface area contributed by atoms with Crippen LogP contribution >= 0.6 is 0 Å². The first-order chi connectivity index (χ1) is 13.9. The van der Waals surface area contributed by atoms with Crippen LogP contribution in [0.1, 0.15) is 27.9 Å². The largest absolute Gasteiger partial charge is 0.383 e. The highest BCUT2D eigenvalue weighted by molar-refractivity contribution is 7.89. The first kappa shape index (κ1) is 20.0. The molecule has 2 aliphatic rings. The molecule has 1 unspecified atom stereocenters. The molecule has 2 aromatic carbocycles. The summed E-state index contributed by atoms with van der Waals surface area (Å²) in [6.07, 6.45) is 1.33. The Labute approximate surface area is 170 Å². The summed E-state index contributed by atoms with van der Waals surface area (Å²) in [6.45, 7) is 1.52. The van der Waals surface area contributed by atoms with E-state index in [4.69, 9.17) is 4.74 Å². The van der Waals surface area contributed by atoms with Crippen LogP contribution in [-0.2, 0) is 26.8 Å². The number of sulfonamides is 1. The van der Waals surface area contributed by atoms with Gasteiger partial charge in [-0.1, -0.05) is 24.3 Å². The lowest BCUT2D eigenvalue weighted by Crippen LogP contribution is -2.40. The van der Waals surface area contributed by atoms with Crippen molar-refractivity contribution in [3.8, 4) is 0 Å². The number of fused-ring (bicyclic) bond motifs is 1. The van der Waals surface area contributed by atoms with Crippen LogP contribution < -0.4 is 5.32 Å². The van der Waals surface area contributed by atoms with Gasteiger partial charge in [0.25, 0.3) is 5.91 Å². The molecule has 0 radical (unpaired) electrons. The molecule has 29 heavy (non-hydrogen) atoms. The van der Waals surface area contributed by atoms with E-state index < -0.39 is 15.6 Å². The summed E-state index contributed by atoms with van der Waals surface area (Å²) in [5.41, 5.74) is 1.22. The summed E-state index contributed by atoms with van der Waals surface area (Å²) < 4.78 is 31.9. The van der Waals surface area contributed by atoms with Crippen molar-refractivity contribution in [1.29, 1.82) is 0 Å². The third kappa shape index (κ3) is 3.93. The molecule has 1 aliphatic carbocycles. The van der Waals surface area contributed by atoms with Crippen LogP contribution in [-0.4, -0.2) is 56.6 Å². The Balaban J connectivity index is 1.42. The Hall–Kier alpha value is -2.26. The van der Waals surface area contributed by atoms with Gasteiger partial charge < -0.3 is 15.2 Å². The van der Waals surface area contributed by atoms with Crippen molar-refractivity contribution in [3.63, 3.8) is 0 Å². The number of aliphatic hydroxyl groups is 1. The van der Waals surface area contributed by atoms with Gasteiger partial charge in [0.2, 0.25) is 10.0 Å². The van der Waals surface area contributed by atoms with Crippen molar-refractivity contribution in [1.82, 2.24) is 9.62 Å². The van der Waals surface area contributed by atoms with Crippen molar-refractivity contribution >= 4 is 15.9 Å². The van der Waals surface area contributed by atoms with Gasteiger partial charge in [-0.25, -0.2) is 8.42 Å². The van der Waals surface area contributed by atoms with E-state index in [1.807, 2.05) is 24.3 Å². The van der Waals surface area contributed by atoms with Crippen molar-refractivity contribution in [2.75, 3.05) is 32.8 Å². The van der Waals surface area contributed by atoms with Gasteiger partial charge in [0.1, 0.15) is 5.60 Å². The number of morpholine rings is 1. The highest BCUT2D eigenvalue weighted by Crippen LogP contribution is 2.36. The minimum absolute atomic E-state index is 0.108. The van der Waals surface area contributed by atoms with Gasteiger partial charge in [-0.3, -0.25) is 4.79 Å². The van der Waals surface area contributed by atoms with Gasteiger partial charge in [-0.2, -0.15) is 4.31 Å². The van der Waals surface area contributed by atoms with Gasteiger partial charge in [-0.05, 0) is 48.2 Å². The van der Waals surface area contributed by atoms with Crippen LogP contribution in [0.3, 0.4) is 0 Å². The van der Waals surface area contributed by atoms with Gasteiger partial charge in [-0.15, -0.1) is 0 Å². The summed E-state index contributed by atoms with van der Waals surface area (Å²) in [7, 11) is -3.59. The first-order valence-electron chi connectivity index (χ1n) is 9.67. The zero-order valence-corrected chi connectivity index (χ0v) is 16.8. The smallest absolute Gasteiger partial charge is 0.251 e. The number of benzene rings is 2. The van der Waals surface area contributed by atoms with Crippen LogP contribution in [0.15, 0.2) is 53.4 Å². The average molecular weight is 416 g/mol. The summed E-state index contributed by atoms with van der Waals surface area (Å²) in [5.74, 6) is -0.349. The van der Waals surface area contributed by atoms with Crippen LogP contribution in [0.2, 0.25) is 0 Å². The Bertz CT molecular complexity index is 1000. The molecule has 1 heterocycles. The predicted molar refractivity (Wildman–Crippen MR) is 107 cm³/mol. The maximum Gasteiger partial charge on any atom is 0.251 e. The van der Waals surface area contributed by atoms with Crippen molar-refractivity contribution in [2.24, 2.45) is 0 Å². The molecule has 1 fully saturated rings. The second-order valence-corrected chi connectivity index (χ2v) is 9.35. The Morgan fingerprint density at radius 1 is 1.10 bits per heavy atom. The molecule has 7 nitrogen and oxygen atoms in total. The van der Waals surface area contributed by atoms with E-state index in [9.17, 15) is 18.3 Å². The predicted octanol–water partition coefficient (Wildman–Crippen LogP) is 1.27. The molecular weight excluding hydrogens is 392 g/mol. The zero-order chi connectivity index (χ0) is 20.5. The number of hydrogen-bond donors (Lipinski definition) is 2. The average Bonchev–Trinajstić information content (AvgIpc) is 3.10. The Morgan fingerprint density at radius 3 is 2.52 bits per heavy atom. The van der Waals surface area contributed by atoms with Gasteiger partial charge in [0, 0.05) is 18.7 Å². The zero-order valence-electron chi connectivity index (χ0n) is 16.0. The van der Waals surface area contributed by atoms with E-state index in [1.54, 1.807) is 0 Å². The maximum absolute atomic E-state index is 12.7. The minimum Gasteiger partial charge on any atom is -0.383 e. The minimum atomic E-state index is -3.59. The normalized spacial score (nSPS) is 22.2. The Kier molecular flexibility index (Phi) is 5.44. The monoisotopic (exact) mass is 416 g/mol. The van der Waals surface area contributed by atoms with Gasteiger partial charge in [0.05, 0.1) is 24.7 Å². The summed E-state index contributed by atoms with van der Waals surface area (Å²) >= 11 is 0. The molecule has 0 saturated carbocycles. The first-order valence-corrected chi connectivity index (χ1v) is 11.1. The van der Waals surface area contributed by atoms with E-state index in [-0.39, 0.29) is 17.3 Å². The molecular formula is C21H24N2O5S. The van der Waals surface area contributed by atoms with E-state index in [1.165, 1.54) is 28.6 Å². The molecule has 1 saturated heterocycles. The molecule has 8 heteroatoms. The molecule has 1 amide bonds. The SMILES string of the molecule is O=C(NCC1(O)CCc2ccccc21)c1ccc(S(=O)(=O)N2CCOCC2)cc1. The fourth-order valence-electron chi connectivity index (χ4n) is 3.89. The number of carbonyl (C=O) groups is 1. The topological polar surface area (TPSA) is 95.9 Å². The molecule has 2 aromatic rings. The van der Waals surface area contributed by atoms with Gasteiger partial charge in [0.15, 0.2) is 0 Å². The van der Waals surface area contributed by atoms with Crippen molar-refractivity contribution in [3.05, 3.63) is 65.2 Å². The summed E-state index contributed by atoms with van der Waals surface area (Å²) in [6, 6.07) is 13.6. The lowest BCUT2D eigenvalue weighted by atomic mass is 9.96. The molecule has 2 N–H and O–H groups in total. The number of amides is 1. The number of aryl methyl sites for hydroxylation is 1. The van der Waals surface area contributed by atoms with Crippen LogP contribution in [0.4, 0.5) is 0 Å². The lowest BCUT2D eigenvalue weighted by molar-refractivity contribution is 0.0369. The Morgan fingerprint density at radius 2 is 1.79 bits per heavy atom. The maximum atomic E-state index is 12.7. The fourth-order valence-corrected chi connectivity index (χ4v) is 5.30. The van der Waals surface area contributed by atoms with Gasteiger partial charge >= 0.3 is 0 Å². The number of nitrogens with zero attached hydrogens (tertiary/aromatic N) is 1. The van der Waals surface area contributed by atoms with Crippen LogP contribution in [0, 0.1) is 0 Å². The van der Waals surface area contributed by atoms with Crippen LogP contribution in [0.5, 0.6) is 0 Å². The van der Waals surface area contributed by atoms with Crippen LogP contribution in [0.25, 0.3) is 0 Å². The second kappa shape index (κ2) is 7.87. The second-order valence-electron chi connectivity index (χ2n) is 7.41. The van der Waals surface area contributed by atoms with E-state index in [2.05, 4.69) is 5.32 Å². The summed E-state index contributed by atoms with van der Waals surface area (Å²) in [4.78, 5) is 12.7. The lowest BCUT2D eigenvalue weighted by Gasteiger charge is -2.26. The highest BCUT2D eigenvalue weighted by atomic mass is 32.2. The third-order valence-electron chi connectivity index (χ3n) is 5.59. The van der Waals surface area contributed by atoms with E-state index in [0.717, 1.165) is 17.5 Å². The third-order valence-corrected chi connectivity index (χ3v) is 7.51. The van der Waals surface area contributed by atoms with Crippen molar-refractivity contribution in [2.45, 2.75) is 23.3 Å². The number of rotatable bonds is 5. The quantitative estimate of drug-likeness (QED) is 0.765. The molecule has 0 spiro atoms. The molecule has 1 aliphatic heterocycles.